The van der Waals surface area contributed by atoms with Gasteiger partial charge in [-0.05, 0) is 11.6 Å². The van der Waals surface area contributed by atoms with E-state index in [1.54, 1.807) is 24.3 Å². The minimum atomic E-state index is -1.19. The van der Waals surface area contributed by atoms with Gasteiger partial charge in [0.2, 0.25) is 5.91 Å². The van der Waals surface area contributed by atoms with Crippen molar-refractivity contribution in [2.24, 2.45) is 0 Å². The van der Waals surface area contributed by atoms with E-state index in [-0.39, 0.29) is 19.5 Å². The van der Waals surface area contributed by atoms with Crippen LogP contribution in [0, 0.1) is 0 Å². The minimum absolute atomic E-state index is 0.132. The average Bonchev–Trinajstić information content (AvgIpc) is 3.01. The zero-order chi connectivity index (χ0) is 21.8. The number of nitrogens with one attached hydrogen (secondary N) is 3. The Morgan fingerprint density at radius 3 is 2.61 bits per heavy atom. The molecule has 1 saturated heterocycles. The van der Waals surface area contributed by atoms with Gasteiger partial charge in [0.25, 0.3) is 5.91 Å². The van der Waals surface area contributed by atoms with E-state index in [0.29, 0.717) is 24.3 Å². The molecule has 2 aromatic carbocycles. The second kappa shape index (κ2) is 8.47. The maximum absolute atomic E-state index is 13.1. The quantitative estimate of drug-likeness (QED) is 0.634. The molecule has 1 atom stereocenters. The number of ether oxygens (including phenoxy) is 1. The summed E-state index contributed by atoms with van der Waals surface area (Å²) in [5, 5.41) is 7.57. The first-order valence-corrected chi connectivity index (χ1v) is 9.97. The summed E-state index contributed by atoms with van der Waals surface area (Å²) in [6, 6.07) is 15.1. The topological polar surface area (TPSA) is 117 Å². The number of nitrogens with zero attached hydrogens (tertiary/aromatic N) is 1. The van der Waals surface area contributed by atoms with Crippen LogP contribution >= 0.6 is 0 Å². The van der Waals surface area contributed by atoms with Crippen LogP contribution < -0.4 is 20.7 Å². The highest BCUT2D eigenvalue weighted by Crippen LogP contribution is 2.40. The number of fused-ring (bicyclic) bond motifs is 2. The fourth-order valence-corrected chi connectivity index (χ4v) is 3.80. The molecule has 2 aromatic rings. The SMILES string of the molecule is O=C(CCN1C(=O)NC2(CCOc3ccccc32)C1=O)NC(=O)NCc1ccccc1. The van der Waals surface area contributed by atoms with E-state index in [9.17, 15) is 19.2 Å². The standard InChI is InChI=1S/C22H22N4O5/c27-18(24-20(29)23-14-15-6-2-1-3-7-15)10-12-26-19(28)22(25-21(26)30)11-13-31-17-9-5-4-8-16(17)22/h1-9H,10-14H2,(H,25,30)(H2,23,24,27,29). The fraction of sp³-hybridized carbons (Fsp3) is 0.273. The number of hydrogen-bond donors (Lipinski definition) is 3. The van der Waals surface area contributed by atoms with Crippen molar-refractivity contribution < 1.29 is 23.9 Å². The Bertz CT molecular complexity index is 1030. The molecule has 0 saturated carbocycles. The molecule has 1 fully saturated rings. The lowest BCUT2D eigenvalue weighted by atomic mass is 9.84. The number of amides is 6. The highest BCUT2D eigenvalue weighted by atomic mass is 16.5. The van der Waals surface area contributed by atoms with Crippen molar-refractivity contribution >= 4 is 23.9 Å². The van der Waals surface area contributed by atoms with Gasteiger partial charge in [0.1, 0.15) is 5.75 Å². The molecular formula is C22H22N4O5. The van der Waals surface area contributed by atoms with Crippen LogP contribution in [0.15, 0.2) is 54.6 Å². The zero-order valence-electron chi connectivity index (χ0n) is 16.7. The highest BCUT2D eigenvalue weighted by molar-refractivity contribution is 6.08. The normalized spacial score (nSPS) is 19.4. The summed E-state index contributed by atoms with van der Waals surface area (Å²) in [6.07, 6.45) is 0.116. The van der Waals surface area contributed by atoms with E-state index in [1.807, 2.05) is 30.3 Å². The monoisotopic (exact) mass is 422 g/mol. The van der Waals surface area contributed by atoms with Gasteiger partial charge in [-0.1, -0.05) is 48.5 Å². The molecule has 0 radical (unpaired) electrons. The van der Waals surface area contributed by atoms with Crippen molar-refractivity contribution in [1.82, 2.24) is 20.9 Å². The molecule has 31 heavy (non-hydrogen) atoms. The van der Waals surface area contributed by atoms with Gasteiger partial charge in [0.15, 0.2) is 5.54 Å². The highest BCUT2D eigenvalue weighted by Gasteiger charge is 2.54. The van der Waals surface area contributed by atoms with Gasteiger partial charge in [-0.2, -0.15) is 0 Å². The van der Waals surface area contributed by atoms with Crippen LogP contribution in [0.2, 0.25) is 0 Å². The Kier molecular flexibility index (Phi) is 5.57. The molecule has 160 valence electrons. The maximum Gasteiger partial charge on any atom is 0.325 e. The molecule has 2 heterocycles. The van der Waals surface area contributed by atoms with Crippen LogP contribution in [-0.2, 0) is 21.7 Å². The van der Waals surface area contributed by atoms with Gasteiger partial charge in [0.05, 0.1) is 6.61 Å². The zero-order valence-corrected chi connectivity index (χ0v) is 16.7. The Balaban J connectivity index is 1.33. The summed E-state index contributed by atoms with van der Waals surface area (Å²) in [7, 11) is 0. The Morgan fingerprint density at radius 1 is 1.06 bits per heavy atom. The number of hydrogen-bond acceptors (Lipinski definition) is 5. The summed E-state index contributed by atoms with van der Waals surface area (Å²) in [5.41, 5.74) is 0.313. The number of rotatable bonds is 5. The van der Waals surface area contributed by atoms with Crippen LogP contribution in [0.1, 0.15) is 24.0 Å². The molecule has 0 aliphatic carbocycles. The minimum Gasteiger partial charge on any atom is -0.493 e. The lowest BCUT2D eigenvalue weighted by Gasteiger charge is -2.33. The molecule has 0 bridgehead atoms. The number of benzene rings is 2. The van der Waals surface area contributed by atoms with Gasteiger partial charge >= 0.3 is 12.1 Å². The molecule has 9 heteroatoms. The molecule has 2 aliphatic rings. The lowest BCUT2D eigenvalue weighted by molar-refractivity contribution is -0.133. The molecule has 1 spiro atoms. The second-order valence-electron chi connectivity index (χ2n) is 7.35. The second-order valence-corrected chi connectivity index (χ2v) is 7.35. The molecule has 4 rings (SSSR count). The molecule has 9 nitrogen and oxygen atoms in total. The third-order valence-electron chi connectivity index (χ3n) is 5.37. The van der Waals surface area contributed by atoms with Crippen molar-refractivity contribution in [3.8, 4) is 5.75 Å². The first-order valence-electron chi connectivity index (χ1n) is 9.97. The largest absolute Gasteiger partial charge is 0.493 e. The van der Waals surface area contributed by atoms with E-state index in [2.05, 4.69) is 16.0 Å². The van der Waals surface area contributed by atoms with Crippen LogP contribution in [0.5, 0.6) is 5.75 Å². The first kappa shape index (κ1) is 20.4. The summed E-state index contributed by atoms with van der Waals surface area (Å²) >= 11 is 0. The van der Waals surface area contributed by atoms with Gasteiger partial charge in [0, 0.05) is 31.5 Å². The Morgan fingerprint density at radius 2 is 1.81 bits per heavy atom. The number of para-hydroxylation sites is 1. The summed E-state index contributed by atoms with van der Waals surface area (Å²) in [4.78, 5) is 50.7. The summed E-state index contributed by atoms with van der Waals surface area (Å²) in [6.45, 7) is 0.434. The summed E-state index contributed by atoms with van der Waals surface area (Å²) in [5.74, 6) is -0.453. The van der Waals surface area contributed by atoms with Crippen LogP contribution in [0.4, 0.5) is 9.59 Å². The van der Waals surface area contributed by atoms with Gasteiger partial charge in [-0.25, -0.2) is 9.59 Å². The number of carbonyl (C=O) groups excluding carboxylic acids is 4. The predicted molar refractivity (Wildman–Crippen MR) is 110 cm³/mol. The third-order valence-corrected chi connectivity index (χ3v) is 5.37. The van der Waals surface area contributed by atoms with Gasteiger partial charge < -0.3 is 15.4 Å². The van der Waals surface area contributed by atoms with E-state index in [4.69, 9.17) is 4.74 Å². The van der Waals surface area contributed by atoms with Gasteiger partial charge in [-0.15, -0.1) is 0 Å². The molecule has 0 aromatic heterocycles. The Hall–Kier alpha value is -3.88. The van der Waals surface area contributed by atoms with Crippen molar-refractivity contribution in [1.29, 1.82) is 0 Å². The van der Waals surface area contributed by atoms with Crippen LogP contribution in [0.25, 0.3) is 0 Å². The van der Waals surface area contributed by atoms with E-state index in [1.165, 1.54) is 0 Å². The van der Waals surface area contributed by atoms with Crippen molar-refractivity contribution in [3.05, 3.63) is 65.7 Å². The van der Waals surface area contributed by atoms with Crippen molar-refractivity contribution in [3.63, 3.8) is 0 Å². The smallest absolute Gasteiger partial charge is 0.325 e. The number of urea groups is 2. The number of carbonyl (C=O) groups is 4. The molecule has 1 unspecified atom stereocenters. The van der Waals surface area contributed by atoms with Crippen LogP contribution in [0.3, 0.4) is 0 Å². The summed E-state index contributed by atoms with van der Waals surface area (Å²) < 4.78 is 5.60. The van der Waals surface area contributed by atoms with Gasteiger partial charge in [-0.3, -0.25) is 19.8 Å². The van der Waals surface area contributed by atoms with Crippen molar-refractivity contribution in [2.75, 3.05) is 13.2 Å². The van der Waals surface area contributed by atoms with E-state index in [0.717, 1.165) is 10.5 Å². The number of imide groups is 2. The molecule has 2 aliphatic heterocycles. The Labute approximate surface area is 178 Å². The van der Waals surface area contributed by atoms with Crippen LogP contribution in [-0.4, -0.2) is 41.9 Å². The first-order chi connectivity index (χ1) is 15.0. The molecule has 6 amide bonds. The van der Waals surface area contributed by atoms with Crippen molar-refractivity contribution in [2.45, 2.75) is 24.9 Å². The average molecular weight is 422 g/mol. The maximum atomic E-state index is 13.1. The molecule has 3 N–H and O–H groups in total. The van der Waals surface area contributed by atoms with E-state index >= 15 is 0 Å². The van der Waals surface area contributed by atoms with E-state index < -0.39 is 29.4 Å². The third kappa shape index (κ3) is 4.07. The lowest BCUT2D eigenvalue weighted by Crippen LogP contribution is -2.47. The fourth-order valence-electron chi connectivity index (χ4n) is 3.80. The molecular weight excluding hydrogens is 400 g/mol. The predicted octanol–water partition coefficient (Wildman–Crippen LogP) is 1.63.